The summed E-state index contributed by atoms with van der Waals surface area (Å²) >= 11 is 1.11. The molecule has 0 unspecified atom stereocenters. The molecule has 9 heteroatoms. The van der Waals surface area contributed by atoms with Crippen LogP contribution in [0.5, 0.6) is 0 Å². The van der Waals surface area contributed by atoms with Crippen LogP contribution >= 0.6 is 11.7 Å². The summed E-state index contributed by atoms with van der Waals surface area (Å²) < 4.78 is 8.34. The van der Waals surface area contributed by atoms with Gasteiger partial charge in [0.05, 0.1) is 29.5 Å². The van der Waals surface area contributed by atoms with E-state index in [0.717, 1.165) is 17.2 Å². The third-order valence-electron chi connectivity index (χ3n) is 3.87. The van der Waals surface area contributed by atoms with Gasteiger partial charge in [0.25, 0.3) is 5.91 Å². The number of hydrogen-bond acceptors (Lipinski definition) is 7. The maximum absolute atomic E-state index is 12.3. The van der Waals surface area contributed by atoms with E-state index in [1.807, 2.05) is 12.1 Å². The Kier molecular flexibility index (Phi) is 3.62. The Bertz CT molecular complexity index is 906. The molecule has 0 bridgehead atoms. The molecule has 8 nitrogen and oxygen atoms in total. The third kappa shape index (κ3) is 2.58. The second-order valence-corrected chi connectivity index (χ2v) is 5.95. The molecule has 0 radical (unpaired) electrons. The number of amides is 2. The summed E-state index contributed by atoms with van der Waals surface area (Å²) in [5, 5.41) is 2.87. The van der Waals surface area contributed by atoms with Crippen molar-refractivity contribution in [2.24, 2.45) is 5.92 Å². The highest BCUT2D eigenvalue weighted by atomic mass is 32.1. The minimum atomic E-state index is -0.243. The molecule has 1 saturated heterocycles. The van der Waals surface area contributed by atoms with E-state index >= 15 is 0 Å². The highest BCUT2D eigenvalue weighted by molar-refractivity contribution is 7.00. The first-order valence-corrected chi connectivity index (χ1v) is 8.03. The SMILES string of the molecule is O=C(Nc1cccc2nsnc12)C1CN(C(=O)c2cnccn2)C1. The van der Waals surface area contributed by atoms with Crippen LogP contribution in [0, 0.1) is 5.92 Å². The molecule has 0 saturated carbocycles. The summed E-state index contributed by atoms with van der Waals surface area (Å²) in [6.45, 7) is 0.735. The van der Waals surface area contributed by atoms with Crippen LogP contribution in [-0.4, -0.2) is 48.5 Å². The predicted molar refractivity (Wildman–Crippen MR) is 87.5 cm³/mol. The molecular weight excluding hydrogens is 328 g/mol. The number of carbonyl (C=O) groups is 2. The number of rotatable bonds is 3. The van der Waals surface area contributed by atoms with E-state index < -0.39 is 0 Å². The number of benzene rings is 1. The van der Waals surface area contributed by atoms with E-state index in [1.165, 1.54) is 18.6 Å². The molecule has 1 aliphatic heterocycles. The fraction of sp³-hybridized carbons (Fsp3) is 0.200. The average molecular weight is 340 g/mol. The second kappa shape index (κ2) is 5.93. The van der Waals surface area contributed by atoms with Crippen LogP contribution in [-0.2, 0) is 4.79 Å². The van der Waals surface area contributed by atoms with Crippen molar-refractivity contribution in [2.45, 2.75) is 0 Å². The summed E-state index contributed by atoms with van der Waals surface area (Å²) in [5.41, 5.74) is 2.37. The minimum Gasteiger partial charge on any atom is -0.336 e. The first kappa shape index (κ1) is 14.6. The van der Waals surface area contributed by atoms with Gasteiger partial charge in [-0.3, -0.25) is 14.6 Å². The summed E-state index contributed by atoms with van der Waals surface area (Å²) in [5.74, 6) is -0.580. The minimum absolute atomic E-state index is 0.126. The second-order valence-electron chi connectivity index (χ2n) is 5.42. The first-order chi connectivity index (χ1) is 11.7. The lowest BCUT2D eigenvalue weighted by atomic mass is 9.98. The monoisotopic (exact) mass is 340 g/mol. The fourth-order valence-electron chi connectivity index (χ4n) is 2.52. The van der Waals surface area contributed by atoms with Gasteiger partial charge >= 0.3 is 0 Å². The van der Waals surface area contributed by atoms with Gasteiger partial charge in [-0.1, -0.05) is 6.07 Å². The van der Waals surface area contributed by atoms with Crippen LogP contribution in [0.2, 0.25) is 0 Å². The number of fused-ring (bicyclic) bond motifs is 1. The van der Waals surface area contributed by atoms with Gasteiger partial charge in [-0.15, -0.1) is 0 Å². The van der Waals surface area contributed by atoms with Gasteiger partial charge in [-0.05, 0) is 12.1 Å². The fourth-order valence-corrected chi connectivity index (χ4v) is 3.07. The highest BCUT2D eigenvalue weighted by Crippen LogP contribution is 2.24. The maximum atomic E-state index is 12.3. The van der Waals surface area contributed by atoms with E-state index in [0.29, 0.717) is 24.3 Å². The molecule has 1 N–H and O–H groups in total. The van der Waals surface area contributed by atoms with Crippen molar-refractivity contribution in [3.8, 4) is 0 Å². The molecule has 1 fully saturated rings. The molecule has 24 heavy (non-hydrogen) atoms. The number of likely N-dealkylation sites (tertiary alicyclic amines) is 1. The Balaban J connectivity index is 1.39. The van der Waals surface area contributed by atoms with Gasteiger partial charge in [0.15, 0.2) is 0 Å². The molecule has 3 aromatic rings. The highest BCUT2D eigenvalue weighted by Gasteiger charge is 2.36. The Morgan fingerprint density at radius 3 is 2.88 bits per heavy atom. The van der Waals surface area contributed by atoms with E-state index in [9.17, 15) is 9.59 Å². The summed E-state index contributed by atoms with van der Waals surface area (Å²) in [4.78, 5) is 34.0. The van der Waals surface area contributed by atoms with E-state index in [4.69, 9.17) is 0 Å². The van der Waals surface area contributed by atoms with Gasteiger partial charge in [0, 0.05) is 25.5 Å². The summed E-state index contributed by atoms with van der Waals surface area (Å²) in [7, 11) is 0. The number of anilines is 1. The Hall–Kier alpha value is -2.94. The summed E-state index contributed by atoms with van der Waals surface area (Å²) in [6.07, 6.45) is 4.41. The lowest BCUT2D eigenvalue weighted by Crippen LogP contribution is -2.54. The Morgan fingerprint density at radius 2 is 2.08 bits per heavy atom. The molecule has 0 atom stereocenters. The maximum Gasteiger partial charge on any atom is 0.274 e. The van der Waals surface area contributed by atoms with Crippen LogP contribution < -0.4 is 5.32 Å². The van der Waals surface area contributed by atoms with Crippen molar-refractivity contribution >= 4 is 40.3 Å². The van der Waals surface area contributed by atoms with Crippen LogP contribution in [0.15, 0.2) is 36.8 Å². The van der Waals surface area contributed by atoms with Gasteiger partial charge in [-0.2, -0.15) is 8.75 Å². The Labute approximate surface area is 140 Å². The lowest BCUT2D eigenvalue weighted by molar-refractivity contribution is -0.123. The average Bonchev–Trinajstić information content (AvgIpc) is 3.04. The first-order valence-electron chi connectivity index (χ1n) is 7.30. The molecule has 120 valence electrons. The topological polar surface area (TPSA) is 101 Å². The number of nitrogens with zero attached hydrogens (tertiary/aromatic N) is 5. The van der Waals surface area contributed by atoms with Crippen molar-refractivity contribution in [2.75, 3.05) is 18.4 Å². The van der Waals surface area contributed by atoms with Gasteiger partial charge in [0.2, 0.25) is 5.91 Å². The van der Waals surface area contributed by atoms with Crippen LogP contribution in [0.4, 0.5) is 5.69 Å². The molecule has 0 aliphatic carbocycles. The molecule has 1 aromatic carbocycles. The number of hydrogen-bond donors (Lipinski definition) is 1. The molecule has 3 heterocycles. The molecule has 4 rings (SSSR count). The van der Waals surface area contributed by atoms with E-state index in [1.54, 1.807) is 11.0 Å². The zero-order chi connectivity index (χ0) is 16.5. The zero-order valence-corrected chi connectivity index (χ0v) is 13.2. The Morgan fingerprint density at radius 1 is 1.21 bits per heavy atom. The number of carbonyl (C=O) groups excluding carboxylic acids is 2. The third-order valence-corrected chi connectivity index (χ3v) is 4.41. The van der Waals surface area contributed by atoms with Gasteiger partial charge < -0.3 is 10.2 Å². The number of aromatic nitrogens is 4. The van der Waals surface area contributed by atoms with Gasteiger partial charge in [-0.25, -0.2) is 4.98 Å². The van der Waals surface area contributed by atoms with Crippen molar-refractivity contribution in [1.82, 2.24) is 23.6 Å². The standard InChI is InChI=1S/C15H12N6O2S/c22-14(18-10-2-1-3-11-13(10)20-24-19-11)9-7-21(8-9)15(23)12-6-16-4-5-17-12/h1-6,9H,7-8H2,(H,18,22). The molecule has 2 aromatic heterocycles. The molecule has 2 amide bonds. The van der Waals surface area contributed by atoms with Gasteiger partial charge in [0.1, 0.15) is 16.7 Å². The van der Waals surface area contributed by atoms with E-state index in [-0.39, 0.29) is 23.4 Å². The number of nitrogens with one attached hydrogen (secondary N) is 1. The summed E-state index contributed by atoms with van der Waals surface area (Å²) in [6, 6.07) is 5.46. The smallest absolute Gasteiger partial charge is 0.274 e. The largest absolute Gasteiger partial charge is 0.336 e. The molecule has 1 aliphatic rings. The van der Waals surface area contributed by atoms with Crippen molar-refractivity contribution in [3.63, 3.8) is 0 Å². The molecule has 0 spiro atoms. The van der Waals surface area contributed by atoms with Crippen LogP contribution in [0.3, 0.4) is 0 Å². The van der Waals surface area contributed by atoms with Crippen molar-refractivity contribution in [1.29, 1.82) is 0 Å². The van der Waals surface area contributed by atoms with E-state index in [2.05, 4.69) is 24.0 Å². The molecular formula is C15H12N6O2S. The normalized spacial score (nSPS) is 14.4. The van der Waals surface area contributed by atoms with Crippen LogP contribution in [0.25, 0.3) is 11.0 Å². The lowest BCUT2D eigenvalue weighted by Gasteiger charge is -2.37. The van der Waals surface area contributed by atoms with Crippen molar-refractivity contribution in [3.05, 3.63) is 42.5 Å². The predicted octanol–water partition coefficient (Wildman–Crippen LogP) is 1.19. The van der Waals surface area contributed by atoms with Crippen LogP contribution in [0.1, 0.15) is 10.5 Å². The quantitative estimate of drug-likeness (QED) is 0.768. The zero-order valence-electron chi connectivity index (χ0n) is 12.4. The van der Waals surface area contributed by atoms with Crippen molar-refractivity contribution < 1.29 is 9.59 Å².